The van der Waals surface area contributed by atoms with Gasteiger partial charge in [-0.3, -0.25) is 0 Å². The van der Waals surface area contributed by atoms with E-state index in [1.807, 2.05) is 31.2 Å². The Kier molecular flexibility index (Phi) is 7.00. The number of hydrogen-bond donors (Lipinski definition) is 2. The molecular weight excluding hydrogens is 392 g/mol. The van der Waals surface area contributed by atoms with E-state index in [1.54, 1.807) is 13.8 Å². The summed E-state index contributed by atoms with van der Waals surface area (Å²) in [7, 11) is 0. The Morgan fingerprint density at radius 1 is 1.10 bits per heavy atom. The first-order valence-corrected chi connectivity index (χ1v) is 10.6. The van der Waals surface area contributed by atoms with Gasteiger partial charge < -0.3 is 20.1 Å². The summed E-state index contributed by atoms with van der Waals surface area (Å²) in [6, 6.07) is 12.8. The molecule has 164 valence electrons. The maximum Gasteiger partial charge on any atom is 0.338 e. The Hall–Kier alpha value is -3.28. The molecule has 31 heavy (non-hydrogen) atoms. The quantitative estimate of drug-likeness (QED) is 0.625. The van der Waals surface area contributed by atoms with E-state index in [1.165, 1.54) is 11.1 Å². The average molecular weight is 423 g/mol. The Labute approximate surface area is 183 Å². The first-order valence-electron chi connectivity index (χ1n) is 10.6. The van der Waals surface area contributed by atoms with Crippen molar-refractivity contribution in [3.05, 3.63) is 76.0 Å². The lowest BCUT2D eigenvalue weighted by atomic mass is 9.94. The summed E-state index contributed by atoms with van der Waals surface area (Å²) in [6.07, 6.45) is 0.265. The van der Waals surface area contributed by atoms with Crippen LogP contribution in [-0.2, 0) is 16.1 Å². The van der Waals surface area contributed by atoms with E-state index in [4.69, 9.17) is 9.47 Å². The van der Waals surface area contributed by atoms with Crippen LogP contribution in [0.3, 0.4) is 0 Å². The summed E-state index contributed by atoms with van der Waals surface area (Å²) in [4.78, 5) is 24.9. The highest BCUT2D eigenvalue weighted by molar-refractivity contribution is 5.95. The minimum atomic E-state index is -0.581. The van der Waals surface area contributed by atoms with E-state index in [-0.39, 0.29) is 12.1 Å². The Morgan fingerprint density at radius 2 is 1.81 bits per heavy atom. The highest BCUT2D eigenvalue weighted by Gasteiger charge is 2.33. The molecule has 0 saturated carbocycles. The Balaban J connectivity index is 1.81. The number of benzene rings is 2. The predicted octanol–water partition coefficient (Wildman–Crippen LogP) is 4.85. The molecule has 1 aliphatic heterocycles. The van der Waals surface area contributed by atoms with Crippen molar-refractivity contribution in [3.63, 3.8) is 0 Å². The SMILES string of the molecule is CCC1=C(C(=O)OC(C)C)C(c2ccc(OCc3cc(C)ccc3C)cc2)NC(=O)N1. The van der Waals surface area contributed by atoms with E-state index in [0.717, 1.165) is 16.9 Å². The number of esters is 1. The van der Waals surface area contributed by atoms with Gasteiger partial charge in [0.2, 0.25) is 0 Å². The van der Waals surface area contributed by atoms with Crippen molar-refractivity contribution in [1.29, 1.82) is 0 Å². The second kappa shape index (κ2) is 9.69. The lowest BCUT2D eigenvalue weighted by molar-refractivity contribution is -0.143. The van der Waals surface area contributed by atoms with Crippen LogP contribution in [0, 0.1) is 13.8 Å². The van der Waals surface area contributed by atoms with Crippen molar-refractivity contribution >= 4 is 12.0 Å². The van der Waals surface area contributed by atoms with Gasteiger partial charge in [0.1, 0.15) is 12.4 Å². The van der Waals surface area contributed by atoms with Crippen LogP contribution >= 0.6 is 0 Å². The van der Waals surface area contributed by atoms with E-state index in [0.29, 0.717) is 24.3 Å². The Bertz CT molecular complexity index is 993. The van der Waals surface area contributed by atoms with Crippen molar-refractivity contribution in [2.75, 3.05) is 0 Å². The zero-order chi connectivity index (χ0) is 22.5. The van der Waals surface area contributed by atoms with Gasteiger partial charge in [0, 0.05) is 5.70 Å². The van der Waals surface area contributed by atoms with Crippen molar-refractivity contribution in [3.8, 4) is 5.75 Å². The smallest absolute Gasteiger partial charge is 0.338 e. The van der Waals surface area contributed by atoms with Crippen LogP contribution in [0.25, 0.3) is 0 Å². The molecule has 2 aromatic carbocycles. The molecule has 0 aromatic heterocycles. The zero-order valence-electron chi connectivity index (χ0n) is 18.7. The maximum absolute atomic E-state index is 12.8. The lowest BCUT2D eigenvalue weighted by Crippen LogP contribution is -2.46. The maximum atomic E-state index is 12.8. The van der Waals surface area contributed by atoms with Gasteiger partial charge in [-0.25, -0.2) is 9.59 Å². The molecule has 0 fully saturated rings. The molecule has 1 unspecified atom stereocenters. The summed E-state index contributed by atoms with van der Waals surface area (Å²) in [6.45, 7) is 10.1. The number of carbonyl (C=O) groups is 2. The molecule has 0 bridgehead atoms. The molecule has 0 radical (unpaired) electrons. The van der Waals surface area contributed by atoms with Crippen LogP contribution in [0.1, 0.15) is 55.5 Å². The minimum absolute atomic E-state index is 0.253. The second-order valence-electron chi connectivity index (χ2n) is 8.02. The van der Waals surface area contributed by atoms with Crippen LogP contribution < -0.4 is 15.4 Å². The number of hydrogen-bond acceptors (Lipinski definition) is 4. The third-order valence-corrected chi connectivity index (χ3v) is 5.18. The normalized spacial score (nSPS) is 16.1. The van der Waals surface area contributed by atoms with Crippen LogP contribution in [-0.4, -0.2) is 18.1 Å². The largest absolute Gasteiger partial charge is 0.489 e. The van der Waals surface area contributed by atoms with Gasteiger partial charge in [0.15, 0.2) is 0 Å². The highest BCUT2D eigenvalue weighted by Crippen LogP contribution is 2.30. The molecule has 3 rings (SSSR count). The van der Waals surface area contributed by atoms with E-state index in [2.05, 4.69) is 42.7 Å². The molecule has 0 saturated heterocycles. The first kappa shape index (κ1) is 22.4. The molecule has 6 nitrogen and oxygen atoms in total. The molecule has 2 amide bonds. The first-order chi connectivity index (χ1) is 14.8. The van der Waals surface area contributed by atoms with Crippen molar-refractivity contribution < 1.29 is 19.1 Å². The number of rotatable bonds is 7. The van der Waals surface area contributed by atoms with Gasteiger partial charge in [-0.2, -0.15) is 0 Å². The topological polar surface area (TPSA) is 76.7 Å². The minimum Gasteiger partial charge on any atom is -0.489 e. The fourth-order valence-corrected chi connectivity index (χ4v) is 3.54. The molecule has 6 heteroatoms. The van der Waals surface area contributed by atoms with E-state index >= 15 is 0 Å². The van der Waals surface area contributed by atoms with E-state index < -0.39 is 12.0 Å². The number of amides is 2. The summed E-state index contributed by atoms with van der Waals surface area (Å²) in [5, 5.41) is 5.58. The summed E-state index contributed by atoms with van der Waals surface area (Å²) >= 11 is 0. The number of nitrogens with one attached hydrogen (secondary N) is 2. The fraction of sp³-hybridized carbons (Fsp3) is 0.360. The average Bonchev–Trinajstić information content (AvgIpc) is 2.73. The van der Waals surface area contributed by atoms with Crippen molar-refractivity contribution in [2.24, 2.45) is 0 Å². The van der Waals surface area contributed by atoms with Gasteiger partial charge >= 0.3 is 12.0 Å². The molecular formula is C25H30N2O4. The predicted molar refractivity (Wildman–Crippen MR) is 120 cm³/mol. The molecule has 0 aliphatic carbocycles. The number of urea groups is 1. The number of allylic oxidation sites excluding steroid dienone is 1. The standard InChI is InChI=1S/C25H30N2O4/c1-6-21-22(24(28)31-15(2)3)23(27-25(29)26-21)18-9-11-20(12-10-18)30-14-19-13-16(4)7-8-17(19)5/h7-13,15,23H,6,14H2,1-5H3,(H2,26,27,29). The van der Waals surface area contributed by atoms with Gasteiger partial charge in [0.05, 0.1) is 17.7 Å². The number of aryl methyl sites for hydroxylation is 2. The lowest BCUT2D eigenvalue weighted by Gasteiger charge is -2.29. The van der Waals surface area contributed by atoms with Crippen LogP contribution in [0.5, 0.6) is 5.75 Å². The van der Waals surface area contributed by atoms with Gasteiger partial charge in [0.25, 0.3) is 0 Å². The molecule has 2 N–H and O–H groups in total. The van der Waals surface area contributed by atoms with Crippen LogP contribution in [0.4, 0.5) is 4.79 Å². The summed E-state index contributed by atoms with van der Waals surface area (Å²) in [5.41, 5.74) is 5.32. The molecule has 1 atom stereocenters. The molecule has 1 aliphatic rings. The number of ether oxygens (including phenoxy) is 2. The second-order valence-corrected chi connectivity index (χ2v) is 8.02. The third-order valence-electron chi connectivity index (χ3n) is 5.18. The van der Waals surface area contributed by atoms with Gasteiger partial charge in [-0.1, -0.05) is 42.8 Å². The fourth-order valence-electron chi connectivity index (χ4n) is 3.54. The Morgan fingerprint density at radius 3 is 2.45 bits per heavy atom. The monoisotopic (exact) mass is 422 g/mol. The van der Waals surface area contributed by atoms with E-state index in [9.17, 15) is 9.59 Å². The van der Waals surface area contributed by atoms with Crippen LogP contribution in [0.2, 0.25) is 0 Å². The highest BCUT2D eigenvalue weighted by atomic mass is 16.5. The van der Waals surface area contributed by atoms with Crippen molar-refractivity contribution in [2.45, 2.75) is 59.8 Å². The summed E-state index contributed by atoms with van der Waals surface area (Å²) in [5.74, 6) is 0.288. The number of carbonyl (C=O) groups excluding carboxylic acids is 2. The van der Waals surface area contributed by atoms with Gasteiger partial charge in [-0.05, 0) is 62.9 Å². The van der Waals surface area contributed by atoms with Gasteiger partial charge in [-0.15, -0.1) is 0 Å². The summed E-state index contributed by atoms with van der Waals surface area (Å²) < 4.78 is 11.4. The molecule has 1 heterocycles. The van der Waals surface area contributed by atoms with Crippen LogP contribution in [0.15, 0.2) is 53.7 Å². The third kappa shape index (κ3) is 5.45. The molecule has 0 spiro atoms. The zero-order valence-corrected chi connectivity index (χ0v) is 18.7. The molecule has 2 aromatic rings. The van der Waals surface area contributed by atoms with Crippen molar-refractivity contribution in [1.82, 2.24) is 10.6 Å².